The van der Waals surface area contributed by atoms with Crippen LogP contribution in [0.15, 0.2) is 69.8 Å². The predicted molar refractivity (Wildman–Crippen MR) is 143 cm³/mol. The van der Waals surface area contributed by atoms with Crippen molar-refractivity contribution in [2.75, 3.05) is 11.9 Å². The summed E-state index contributed by atoms with van der Waals surface area (Å²) in [4.78, 5) is 16.5. The molecule has 2 aromatic carbocycles. The quantitative estimate of drug-likeness (QED) is 0.360. The summed E-state index contributed by atoms with van der Waals surface area (Å²) >= 11 is 11.0. The summed E-state index contributed by atoms with van der Waals surface area (Å²) in [5, 5.41) is 4.88. The molecule has 170 valence electrons. The molecule has 4 nitrogen and oxygen atoms in total. The minimum Gasteiger partial charge on any atom is -0.337 e. The summed E-state index contributed by atoms with van der Waals surface area (Å²) in [6.07, 6.45) is 4.24. The van der Waals surface area contributed by atoms with Crippen molar-refractivity contribution in [2.24, 2.45) is 0 Å². The van der Waals surface area contributed by atoms with Crippen LogP contribution in [0, 0.1) is 0 Å². The van der Waals surface area contributed by atoms with Crippen molar-refractivity contribution in [1.82, 2.24) is 4.57 Å². The van der Waals surface area contributed by atoms with Gasteiger partial charge in [0.2, 0.25) is 0 Å². The molecule has 5 rings (SSSR count). The number of thiazole rings is 2. The molecule has 4 aromatic rings. The molecule has 3 heterocycles. The molecule has 0 amide bonds. The molecule has 1 aliphatic heterocycles. The smallest absolute Gasteiger partial charge is 0.271 e. The second-order valence-corrected chi connectivity index (χ2v) is 10.8. The fourth-order valence-corrected chi connectivity index (χ4v) is 7.34. The van der Waals surface area contributed by atoms with Crippen molar-refractivity contribution in [3.05, 3.63) is 95.3 Å². The number of anilines is 1. The van der Waals surface area contributed by atoms with Gasteiger partial charge in [0.1, 0.15) is 14.2 Å². The Hall–Kier alpha value is -2.03. The molecule has 1 aliphatic rings. The third-order valence-corrected chi connectivity index (χ3v) is 8.93. The molecule has 2 aromatic heterocycles. The number of rotatable bonds is 4. The average molecular weight is 536 g/mol. The highest BCUT2D eigenvalue weighted by atomic mass is 35.5. The van der Waals surface area contributed by atoms with E-state index >= 15 is 0 Å². The average Bonchev–Trinajstić information content (AvgIpc) is 3.45. The van der Waals surface area contributed by atoms with Gasteiger partial charge in [-0.05, 0) is 25.1 Å². The molecule has 0 N–H and O–H groups in total. The van der Waals surface area contributed by atoms with Gasteiger partial charge in [-0.25, -0.2) is 0 Å². The van der Waals surface area contributed by atoms with E-state index in [4.69, 9.17) is 11.6 Å². The maximum absolute atomic E-state index is 13.3. The Balaban J connectivity index is 0.00000259. The van der Waals surface area contributed by atoms with Crippen molar-refractivity contribution in [1.29, 1.82) is 0 Å². The zero-order chi connectivity index (χ0) is 22.2. The first-order valence-corrected chi connectivity index (χ1v) is 13.1. The Morgan fingerprint density at radius 3 is 2.70 bits per heavy atom. The van der Waals surface area contributed by atoms with Gasteiger partial charge in [-0.3, -0.25) is 9.36 Å². The number of thioether (sulfide) groups is 1. The monoisotopic (exact) mass is 534 g/mol. The van der Waals surface area contributed by atoms with Crippen LogP contribution in [0.2, 0.25) is 5.02 Å². The molecule has 0 atom stereocenters. The fraction of sp³-hybridized carbons (Fsp3) is 0.167. The summed E-state index contributed by atoms with van der Waals surface area (Å²) in [5.74, 6) is 0. The van der Waals surface area contributed by atoms with E-state index in [0.29, 0.717) is 11.6 Å². The first-order chi connectivity index (χ1) is 15.5. The number of benzene rings is 2. The zero-order valence-corrected chi connectivity index (χ0v) is 22.0. The largest absolute Gasteiger partial charge is 0.337 e. The number of hydrogen-bond acceptors (Lipinski definition) is 5. The molecule has 9 heteroatoms. The highest BCUT2D eigenvalue weighted by molar-refractivity contribution is 8.08. The maximum atomic E-state index is 13.3. The van der Waals surface area contributed by atoms with Gasteiger partial charge in [-0.15, -0.1) is 23.7 Å². The lowest BCUT2D eigenvalue weighted by Crippen LogP contribution is -2.36. The van der Waals surface area contributed by atoms with E-state index in [1.807, 2.05) is 42.8 Å². The topological polar surface area (TPSA) is 29.1 Å². The Morgan fingerprint density at radius 2 is 1.94 bits per heavy atom. The van der Waals surface area contributed by atoms with Crippen molar-refractivity contribution >= 4 is 75.2 Å². The first-order valence-electron chi connectivity index (χ1n) is 10.2. The number of nitrogens with zero attached hydrogens (tertiary/aromatic N) is 3. The molecule has 33 heavy (non-hydrogen) atoms. The van der Waals surface area contributed by atoms with Gasteiger partial charge >= 0.3 is 0 Å². The highest BCUT2D eigenvalue weighted by Crippen LogP contribution is 2.46. The van der Waals surface area contributed by atoms with E-state index in [-0.39, 0.29) is 18.0 Å². The van der Waals surface area contributed by atoms with E-state index in [1.54, 1.807) is 34.4 Å². The Bertz CT molecular complexity index is 1470. The van der Waals surface area contributed by atoms with E-state index in [0.717, 1.165) is 36.4 Å². The molecule has 0 spiro atoms. The highest BCUT2D eigenvalue weighted by Gasteiger charge is 2.25. The summed E-state index contributed by atoms with van der Waals surface area (Å²) in [6.45, 7) is 3.45. The minimum atomic E-state index is 0. The third-order valence-electron chi connectivity index (χ3n) is 5.37. The van der Waals surface area contributed by atoms with Crippen LogP contribution in [-0.4, -0.2) is 11.6 Å². The molecular weight excluding hydrogens is 513 g/mol. The summed E-state index contributed by atoms with van der Waals surface area (Å²) in [6, 6.07) is 16.3. The van der Waals surface area contributed by atoms with Crippen LogP contribution in [0.25, 0.3) is 11.1 Å². The van der Waals surface area contributed by atoms with Crippen LogP contribution in [-0.2, 0) is 13.1 Å². The molecule has 0 aliphatic carbocycles. The molecule has 0 radical (unpaired) electrons. The van der Waals surface area contributed by atoms with E-state index in [2.05, 4.69) is 51.4 Å². The molecule has 0 fully saturated rings. The van der Waals surface area contributed by atoms with Gasteiger partial charge in [-0.1, -0.05) is 65.0 Å². The summed E-state index contributed by atoms with van der Waals surface area (Å²) < 4.78 is 5.83. The standard InChI is InChI=1S/C24H21ClN3OS3.ClH/c1-3-28-21(14-20-27(11-12-30-20)15-16-7-5-4-6-8-16)32-22(23(28)29)24-26(2)18-10-9-17(25)13-19(18)31-24;/h4-14H,3,15H2,1-2H3;1H/q+1;. The molecule has 0 saturated carbocycles. The van der Waals surface area contributed by atoms with E-state index in [9.17, 15) is 4.79 Å². The molecule has 0 bridgehead atoms. The van der Waals surface area contributed by atoms with Crippen LogP contribution in [0.5, 0.6) is 0 Å². The van der Waals surface area contributed by atoms with Gasteiger partial charge in [0.05, 0.1) is 17.1 Å². The van der Waals surface area contributed by atoms with Gasteiger partial charge in [-0.2, -0.15) is 4.57 Å². The Morgan fingerprint density at radius 1 is 1.15 bits per heavy atom. The number of hydrogen-bond donors (Lipinski definition) is 0. The number of aromatic nitrogens is 2. The molecular formula is C24H22Cl2N3OS3+. The SMILES string of the molecule is CCn1c(=Cc2scc[n+]2Cc2ccccc2)sc(=C2Sc3cc(Cl)ccc3N2C)c1=O.Cl. The normalized spacial score (nSPS) is 15.0. The van der Waals surface area contributed by atoms with Crippen LogP contribution < -0.4 is 24.2 Å². The molecule has 0 unspecified atom stereocenters. The summed E-state index contributed by atoms with van der Waals surface area (Å²) in [7, 11) is 2.01. The van der Waals surface area contributed by atoms with Gasteiger partial charge in [0.15, 0.2) is 12.7 Å². The van der Waals surface area contributed by atoms with Crippen molar-refractivity contribution < 1.29 is 4.57 Å². The maximum Gasteiger partial charge on any atom is 0.271 e. The van der Waals surface area contributed by atoms with Crippen molar-refractivity contribution in [2.45, 2.75) is 24.9 Å². The fourth-order valence-electron chi connectivity index (χ4n) is 3.74. The van der Waals surface area contributed by atoms with Crippen LogP contribution in [0.3, 0.4) is 0 Å². The number of halogens is 2. The second-order valence-electron chi connectivity index (χ2n) is 7.40. The van der Waals surface area contributed by atoms with Crippen molar-refractivity contribution in [3.8, 4) is 0 Å². The van der Waals surface area contributed by atoms with Gasteiger partial charge in [0, 0.05) is 29.1 Å². The number of fused-ring (bicyclic) bond motifs is 1. The minimum absolute atomic E-state index is 0. The van der Waals surface area contributed by atoms with Crippen LogP contribution in [0.1, 0.15) is 17.5 Å². The van der Waals surface area contributed by atoms with Gasteiger partial charge in [0.25, 0.3) is 10.6 Å². The molecule has 0 saturated heterocycles. The van der Waals surface area contributed by atoms with Gasteiger partial charge < -0.3 is 4.90 Å². The first kappa shape index (κ1) is 24.1. The van der Waals surface area contributed by atoms with E-state index in [1.165, 1.54) is 5.56 Å². The lowest BCUT2D eigenvalue weighted by atomic mass is 10.2. The third kappa shape index (κ3) is 4.66. The lowest BCUT2D eigenvalue weighted by Gasteiger charge is -2.12. The van der Waals surface area contributed by atoms with Crippen LogP contribution >= 0.6 is 58.4 Å². The van der Waals surface area contributed by atoms with Crippen LogP contribution in [0.4, 0.5) is 5.69 Å². The van der Waals surface area contributed by atoms with Crippen molar-refractivity contribution in [3.63, 3.8) is 0 Å². The zero-order valence-electron chi connectivity index (χ0n) is 18.0. The predicted octanol–water partition coefficient (Wildman–Crippen LogP) is 4.54. The van der Waals surface area contributed by atoms with E-state index < -0.39 is 0 Å². The Labute approximate surface area is 215 Å². The second kappa shape index (κ2) is 10.1. The Kier molecular flexibility index (Phi) is 7.36. The lowest BCUT2D eigenvalue weighted by molar-refractivity contribution is -0.685. The summed E-state index contributed by atoms with van der Waals surface area (Å²) in [5.41, 5.74) is 2.39.